The van der Waals surface area contributed by atoms with Crippen LogP contribution in [-0.2, 0) is 0 Å². The number of aromatic nitrogens is 2. The minimum Gasteiger partial charge on any atom is -0.143 e. The summed E-state index contributed by atoms with van der Waals surface area (Å²) in [5.41, 5.74) is 1.12. The van der Waals surface area contributed by atoms with Gasteiger partial charge in [0.15, 0.2) is 0 Å². The molecule has 0 N–H and O–H groups in total. The van der Waals surface area contributed by atoms with Crippen LogP contribution in [0.25, 0.3) is 0 Å². The Bertz CT molecular complexity index is 210. The lowest BCUT2D eigenvalue weighted by Crippen LogP contribution is -1.93. The Hall–Kier alpha value is 0.0400. The summed E-state index contributed by atoms with van der Waals surface area (Å²) in [6.45, 7) is 6.37. The number of rotatable bonds is 2. The highest BCUT2D eigenvalue weighted by Gasteiger charge is 2.14. The Kier molecular flexibility index (Phi) is 3.01. The van der Waals surface area contributed by atoms with Crippen molar-refractivity contribution in [1.82, 2.24) is 9.59 Å². The maximum atomic E-state index is 4.08. The molecule has 0 aromatic carbocycles. The van der Waals surface area contributed by atoms with E-state index in [-0.39, 0.29) is 0 Å². The molecule has 0 saturated carbocycles. The zero-order valence-electron chi connectivity index (χ0n) is 6.84. The lowest BCUT2D eigenvalue weighted by atomic mass is 10.1. The Balaban J connectivity index is 2.96. The van der Waals surface area contributed by atoms with Crippen molar-refractivity contribution >= 4 is 27.5 Å². The van der Waals surface area contributed by atoms with Crippen LogP contribution in [0.5, 0.6) is 0 Å². The molecule has 11 heavy (non-hydrogen) atoms. The second-order valence-corrected chi connectivity index (χ2v) is 4.95. The zero-order chi connectivity index (χ0) is 8.43. The summed E-state index contributed by atoms with van der Waals surface area (Å²) >= 11 is 4.99. The summed E-state index contributed by atoms with van der Waals surface area (Å²) in [6.07, 6.45) is 0. The Morgan fingerprint density at radius 2 is 2.00 bits per heavy atom. The average Bonchev–Trinajstić information content (AvgIpc) is 2.32. The number of nitrogens with zero attached hydrogens (tertiary/aromatic N) is 2. The SMILES string of the molecule is CC(C)c1nnsc1C(C)Br. The van der Waals surface area contributed by atoms with E-state index in [1.54, 1.807) is 0 Å². The highest BCUT2D eigenvalue weighted by molar-refractivity contribution is 9.09. The van der Waals surface area contributed by atoms with Crippen molar-refractivity contribution in [2.24, 2.45) is 0 Å². The van der Waals surface area contributed by atoms with Gasteiger partial charge in [-0.1, -0.05) is 34.3 Å². The van der Waals surface area contributed by atoms with Gasteiger partial charge < -0.3 is 0 Å². The molecular weight excluding hydrogens is 224 g/mol. The van der Waals surface area contributed by atoms with Crippen LogP contribution < -0.4 is 0 Å². The fourth-order valence-corrected chi connectivity index (χ4v) is 2.10. The molecule has 0 aliphatic heterocycles. The fourth-order valence-electron chi connectivity index (χ4n) is 0.881. The smallest absolute Gasteiger partial charge is 0.0824 e. The number of hydrogen-bond donors (Lipinski definition) is 0. The minimum atomic E-state index is 0.375. The van der Waals surface area contributed by atoms with Gasteiger partial charge in [0.05, 0.1) is 10.6 Å². The summed E-state index contributed by atoms with van der Waals surface area (Å²) in [5.74, 6) is 0.476. The standard InChI is InChI=1S/C7H11BrN2S/c1-4(2)6-7(5(3)8)11-10-9-6/h4-5H,1-3H3. The van der Waals surface area contributed by atoms with Gasteiger partial charge in [-0.2, -0.15) is 0 Å². The van der Waals surface area contributed by atoms with Crippen LogP contribution in [0.2, 0.25) is 0 Å². The van der Waals surface area contributed by atoms with Crippen molar-refractivity contribution in [2.75, 3.05) is 0 Å². The topological polar surface area (TPSA) is 25.8 Å². The Labute approximate surface area is 79.3 Å². The summed E-state index contributed by atoms with van der Waals surface area (Å²) in [6, 6.07) is 0. The summed E-state index contributed by atoms with van der Waals surface area (Å²) < 4.78 is 3.93. The predicted octanol–water partition coefficient (Wildman–Crippen LogP) is 3.12. The van der Waals surface area contributed by atoms with Crippen LogP contribution in [0, 0.1) is 0 Å². The fraction of sp³-hybridized carbons (Fsp3) is 0.714. The first kappa shape index (κ1) is 9.13. The highest BCUT2D eigenvalue weighted by atomic mass is 79.9. The molecular formula is C7H11BrN2S. The summed E-state index contributed by atoms with van der Waals surface area (Å²) in [4.78, 5) is 1.62. The maximum Gasteiger partial charge on any atom is 0.0824 e. The van der Waals surface area contributed by atoms with Crippen LogP contribution in [-0.4, -0.2) is 9.59 Å². The van der Waals surface area contributed by atoms with Crippen molar-refractivity contribution < 1.29 is 0 Å². The lowest BCUT2D eigenvalue weighted by molar-refractivity contribution is 0.796. The maximum absolute atomic E-state index is 4.08. The normalized spacial score (nSPS) is 13.9. The molecule has 0 radical (unpaired) electrons. The Morgan fingerprint density at radius 3 is 2.36 bits per heavy atom. The first-order valence-corrected chi connectivity index (χ1v) is 5.28. The molecule has 0 amide bonds. The minimum absolute atomic E-state index is 0.375. The molecule has 1 heterocycles. The monoisotopic (exact) mass is 234 g/mol. The molecule has 1 rings (SSSR count). The van der Waals surface area contributed by atoms with Gasteiger partial charge in [-0.25, -0.2) is 0 Å². The molecule has 0 bridgehead atoms. The van der Waals surface area contributed by atoms with E-state index in [9.17, 15) is 0 Å². The van der Waals surface area contributed by atoms with Crippen LogP contribution in [0.3, 0.4) is 0 Å². The first-order chi connectivity index (χ1) is 5.13. The molecule has 1 atom stereocenters. The molecule has 0 aliphatic carbocycles. The van der Waals surface area contributed by atoms with Crippen molar-refractivity contribution in [1.29, 1.82) is 0 Å². The van der Waals surface area contributed by atoms with Gasteiger partial charge in [0, 0.05) is 4.83 Å². The van der Waals surface area contributed by atoms with Gasteiger partial charge in [-0.3, -0.25) is 0 Å². The zero-order valence-corrected chi connectivity index (χ0v) is 9.24. The van der Waals surface area contributed by atoms with Gasteiger partial charge in [0.25, 0.3) is 0 Å². The second-order valence-electron chi connectivity index (χ2n) is 2.79. The first-order valence-electron chi connectivity index (χ1n) is 3.59. The number of alkyl halides is 1. The van der Waals surface area contributed by atoms with E-state index in [1.165, 1.54) is 16.4 Å². The highest BCUT2D eigenvalue weighted by Crippen LogP contribution is 2.30. The van der Waals surface area contributed by atoms with Gasteiger partial charge in [0.2, 0.25) is 0 Å². The largest absolute Gasteiger partial charge is 0.143 e. The summed E-state index contributed by atoms with van der Waals surface area (Å²) in [5, 5.41) is 4.08. The van der Waals surface area contributed by atoms with E-state index in [0.717, 1.165) is 5.69 Å². The van der Waals surface area contributed by atoms with E-state index in [0.29, 0.717) is 10.7 Å². The molecule has 1 unspecified atom stereocenters. The van der Waals surface area contributed by atoms with E-state index < -0.39 is 0 Å². The van der Waals surface area contributed by atoms with E-state index in [1.807, 2.05) is 0 Å². The average molecular weight is 235 g/mol. The molecule has 0 saturated heterocycles. The summed E-state index contributed by atoms with van der Waals surface area (Å²) in [7, 11) is 0. The van der Waals surface area contributed by atoms with Crippen molar-refractivity contribution in [3.8, 4) is 0 Å². The third-order valence-electron chi connectivity index (χ3n) is 1.45. The van der Waals surface area contributed by atoms with E-state index >= 15 is 0 Å². The van der Waals surface area contributed by atoms with E-state index in [2.05, 4.69) is 46.3 Å². The van der Waals surface area contributed by atoms with Gasteiger partial charge in [-0.05, 0) is 24.4 Å². The Morgan fingerprint density at radius 1 is 1.36 bits per heavy atom. The third kappa shape index (κ3) is 1.99. The predicted molar refractivity (Wildman–Crippen MR) is 51.3 cm³/mol. The van der Waals surface area contributed by atoms with Crippen molar-refractivity contribution in [3.05, 3.63) is 10.6 Å². The van der Waals surface area contributed by atoms with Crippen molar-refractivity contribution in [2.45, 2.75) is 31.5 Å². The molecule has 4 heteroatoms. The molecule has 0 aliphatic rings. The van der Waals surface area contributed by atoms with Crippen LogP contribution in [0.15, 0.2) is 0 Å². The van der Waals surface area contributed by atoms with Gasteiger partial charge in [0.1, 0.15) is 0 Å². The molecule has 62 valence electrons. The third-order valence-corrected chi connectivity index (χ3v) is 3.13. The molecule has 1 aromatic heterocycles. The van der Waals surface area contributed by atoms with Crippen LogP contribution in [0.4, 0.5) is 0 Å². The molecule has 1 aromatic rings. The van der Waals surface area contributed by atoms with Gasteiger partial charge in [-0.15, -0.1) is 5.10 Å². The van der Waals surface area contributed by atoms with Crippen LogP contribution >= 0.6 is 27.5 Å². The van der Waals surface area contributed by atoms with Gasteiger partial charge >= 0.3 is 0 Å². The van der Waals surface area contributed by atoms with Crippen LogP contribution in [0.1, 0.15) is 42.1 Å². The number of hydrogen-bond acceptors (Lipinski definition) is 3. The molecule has 0 fully saturated rings. The van der Waals surface area contributed by atoms with Crippen molar-refractivity contribution in [3.63, 3.8) is 0 Å². The number of halogens is 1. The van der Waals surface area contributed by atoms with E-state index in [4.69, 9.17) is 0 Å². The molecule has 2 nitrogen and oxygen atoms in total. The lowest BCUT2D eigenvalue weighted by Gasteiger charge is -2.04. The second kappa shape index (κ2) is 3.63. The quantitative estimate of drug-likeness (QED) is 0.736. The molecule has 0 spiro atoms.